The summed E-state index contributed by atoms with van der Waals surface area (Å²) >= 11 is 0. The van der Waals surface area contributed by atoms with Gasteiger partial charge in [0, 0.05) is 12.8 Å². The van der Waals surface area contributed by atoms with Gasteiger partial charge >= 0.3 is 0 Å². The number of hydrogen-bond donors (Lipinski definition) is 0. The number of benzene rings is 1. The first-order chi connectivity index (χ1) is 11.5. The van der Waals surface area contributed by atoms with Crippen LogP contribution >= 0.6 is 0 Å². The van der Waals surface area contributed by atoms with Crippen LogP contribution in [-0.2, 0) is 4.79 Å². The highest BCUT2D eigenvalue weighted by atomic mass is 19.2. The number of carbonyl (C=O) groups excluding carboxylic acids is 1. The fourth-order valence-electron chi connectivity index (χ4n) is 4.17. The summed E-state index contributed by atoms with van der Waals surface area (Å²) in [5.74, 6) is -1.83. The summed E-state index contributed by atoms with van der Waals surface area (Å²) in [5.41, 5.74) is 0.577. The predicted octanol–water partition coefficient (Wildman–Crippen LogP) is 6.16. The first-order valence-corrected chi connectivity index (χ1v) is 9.20. The summed E-state index contributed by atoms with van der Waals surface area (Å²) in [4.78, 5) is 11.3. The Bertz CT molecular complexity index is 529. The number of rotatable bonds is 2. The zero-order chi connectivity index (χ0) is 17.7. The van der Waals surface area contributed by atoms with Crippen LogP contribution in [0.4, 0.5) is 13.2 Å². The molecule has 2 aliphatic rings. The summed E-state index contributed by atoms with van der Waals surface area (Å²) in [7, 11) is 0. The van der Waals surface area contributed by atoms with Crippen molar-refractivity contribution in [3.05, 3.63) is 35.1 Å². The van der Waals surface area contributed by atoms with E-state index < -0.39 is 17.5 Å². The van der Waals surface area contributed by atoms with E-state index in [0.717, 1.165) is 50.7 Å². The Balaban J connectivity index is 0.00000100. The molecule has 0 amide bonds. The zero-order valence-electron chi connectivity index (χ0n) is 14.6. The number of ketones is 1. The lowest BCUT2D eigenvalue weighted by Crippen LogP contribution is -2.25. The van der Waals surface area contributed by atoms with Gasteiger partial charge in [-0.3, -0.25) is 4.79 Å². The minimum absolute atomic E-state index is 0.117. The highest BCUT2D eigenvalue weighted by molar-refractivity contribution is 5.79. The van der Waals surface area contributed by atoms with Crippen LogP contribution in [0.3, 0.4) is 0 Å². The molecule has 1 nitrogen and oxygen atoms in total. The molecule has 0 saturated heterocycles. The van der Waals surface area contributed by atoms with Gasteiger partial charge in [-0.15, -0.1) is 0 Å². The van der Waals surface area contributed by atoms with E-state index in [4.69, 9.17) is 0 Å². The summed E-state index contributed by atoms with van der Waals surface area (Å²) in [5, 5.41) is 0. The third-order valence-corrected chi connectivity index (χ3v) is 5.50. The molecule has 1 aromatic carbocycles. The van der Waals surface area contributed by atoms with Crippen molar-refractivity contribution in [1.82, 2.24) is 0 Å². The van der Waals surface area contributed by atoms with E-state index in [2.05, 4.69) is 0 Å². The Morgan fingerprint density at radius 3 is 1.75 bits per heavy atom. The Morgan fingerprint density at radius 2 is 1.25 bits per heavy atom. The van der Waals surface area contributed by atoms with Gasteiger partial charge < -0.3 is 0 Å². The van der Waals surface area contributed by atoms with Crippen molar-refractivity contribution in [1.29, 1.82) is 0 Å². The fourth-order valence-corrected chi connectivity index (χ4v) is 4.17. The minimum Gasteiger partial charge on any atom is -0.300 e. The average molecular weight is 340 g/mol. The van der Waals surface area contributed by atoms with Crippen LogP contribution in [0.5, 0.6) is 0 Å². The second-order valence-corrected chi connectivity index (χ2v) is 6.79. The van der Waals surface area contributed by atoms with Gasteiger partial charge in [-0.1, -0.05) is 13.8 Å². The molecule has 0 N–H and O–H groups in total. The Morgan fingerprint density at radius 1 is 0.792 bits per heavy atom. The average Bonchev–Trinajstić information content (AvgIpc) is 2.62. The fraction of sp³-hybridized carbons (Fsp3) is 0.650. The van der Waals surface area contributed by atoms with Gasteiger partial charge in [0.2, 0.25) is 0 Å². The first kappa shape index (κ1) is 19.0. The molecule has 24 heavy (non-hydrogen) atoms. The van der Waals surface area contributed by atoms with Crippen molar-refractivity contribution in [2.45, 2.75) is 71.1 Å². The van der Waals surface area contributed by atoms with Crippen LogP contribution in [-0.4, -0.2) is 5.78 Å². The van der Waals surface area contributed by atoms with Crippen LogP contribution in [0.15, 0.2) is 12.1 Å². The zero-order valence-corrected chi connectivity index (χ0v) is 14.6. The van der Waals surface area contributed by atoms with E-state index >= 15 is 0 Å². The first-order valence-electron chi connectivity index (χ1n) is 9.20. The lowest BCUT2D eigenvalue weighted by molar-refractivity contribution is -0.121. The van der Waals surface area contributed by atoms with E-state index in [1.54, 1.807) is 0 Å². The quantitative estimate of drug-likeness (QED) is 0.589. The molecule has 0 heterocycles. The molecule has 0 spiro atoms. The van der Waals surface area contributed by atoms with Crippen LogP contribution in [0, 0.1) is 29.3 Å². The lowest BCUT2D eigenvalue weighted by Gasteiger charge is -2.35. The van der Waals surface area contributed by atoms with Crippen molar-refractivity contribution in [2.75, 3.05) is 0 Å². The second kappa shape index (κ2) is 8.68. The van der Waals surface area contributed by atoms with Crippen molar-refractivity contribution >= 4 is 5.78 Å². The molecule has 0 atom stereocenters. The molecular weight excluding hydrogens is 313 g/mol. The maximum absolute atomic E-state index is 13.4. The second-order valence-electron chi connectivity index (χ2n) is 6.79. The standard InChI is InChI=1S/C18H21F3O.C2H6/c19-16-9-14(10-17(20)18(16)21)13-3-1-11(2-4-13)12-5-7-15(22)8-6-12;1-2/h9-13H,1-8H2;1-2H3. The number of halogens is 3. The topological polar surface area (TPSA) is 17.1 Å². The monoisotopic (exact) mass is 340 g/mol. The molecule has 0 radical (unpaired) electrons. The molecule has 1 aromatic rings. The lowest BCUT2D eigenvalue weighted by atomic mass is 9.70. The largest absolute Gasteiger partial charge is 0.300 e. The van der Waals surface area contributed by atoms with Gasteiger partial charge in [0.1, 0.15) is 5.78 Å². The number of hydrogen-bond acceptors (Lipinski definition) is 1. The van der Waals surface area contributed by atoms with Gasteiger partial charge in [0.25, 0.3) is 0 Å². The van der Waals surface area contributed by atoms with Crippen LogP contribution in [0.1, 0.15) is 76.7 Å². The summed E-state index contributed by atoms with van der Waals surface area (Å²) in [6.45, 7) is 4.00. The maximum Gasteiger partial charge on any atom is 0.194 e. The highest BCUT2D eigenvalue weighted by Crippen LogP contribution is 2.42. The van der Waals surface area contributed by atoms with Gasteiger partial charge in [0.05, 0.1) is 0 Å². The molecule has 0 aliphatic heterocycles. The Hall–Kier alpha value is -1.32. The Kier molecular flexibility index (Phi) is 6.88. The van der Waals surface area contributed by atoms with Crippen LogP contribution < -0.4 is 0 Å². The van der Waals surface area contributed by atoms with E-state index in [-0.39, 0.29) is 5.92 Å². The molecular formula is C20H27F3O. The highest BCUT2D eigenvalue weighted by Gasteiger charge is 2.31. The minimum atomic E-state index is -1.38. The molecule has 4 heteroatoms. The summed E-state index contributed by atoms with van der Waals surface area (Å²) < 4.78 is 39.7. The van der Waals surface area contributed by atoms with Gasteiger partial charge in [-0.2, -0.15) is 0 Å². The predicted molar refractivity (Wildman–Crippen MR) is 89.3 cm³/mol. The van der Waals surface area contributed by atoms with Crippen LogP contribution in [0.2, 0.25) is 0 Å². The Labute approximate surface area is 142 Å². The van der Waals surface area contributed by atoms with Gasteiger partial charge in [-0.05, 0) is 74.0 Å². The molecule has 2 fully saturated rings. The van der Waals surface area contributed by atoms with E-state index in [9.17, 15) is 18.0 Å². The van der Waals surface area contributed by atoms with Crippen molar-refractivity contribution in [3.8, 4) is 0 Å². The van der Waals surface area contributed by atoms with E-state index in [1.165, 1.54) is 0 Å². The summed E-state index contributed by atoms with van der Waals surface area (Å²) in [6, 6.07) is 2.28. The van der Waals surface area contributed by atoms with Crippen molar-refractivity contribution < 1.29 is 18.0 Å². The smallest absolute Gasteiger partial charge is 0.194 e. The van der Waals surface area contributed by atoms with Gasteiger partial charge in [-0.25, -0.2) is 13.2 Å². The molecule has 134 valence electrons. The molecule has 0 unspecified atom stereocenters. The maximum atomic E-state index is 13.4. The number of Topliss-reactive ketones (excluding diaryl/α,β-unsaturated/α-hetero) is 1. The number of carbonyl (C=O) groups is 1. The molecule has 2 saturated carbocycles. The van der Waals surface area contributed by atoms with E-state index in [1.807, 2.05) is 13.8 Å². The summed E-state index contributed by atoms with van der Waals surface area (Å²) in [6.07, 6.45) is 7.24. The van der Waals surface area contributed by atoms with Crippen LogP contribution in [0.25, 0.3) is 0 Å². The van der Waals surface area contributed by atoms with E-state index in [0.29, 0.717) is 36.0 Å². The normalized spacial score (nSPS) is 25.1. The van der Waals surface area contributed by atoms with Gasteiger partial charge in [0.15, 0.2) is 17.5 Å². The third kappa shape index (κ3) is 4.40. The van der Waals surface area contributed by atoms with Crippen molar-refractivity contribution in [3.63, 3.8) is 0 Å². The molecule has 0 bridgehead atoms. The molecule has 0 aromatic heterocycles. The van der Waals surface area contributed by atoms with Crippen molar-refractivity contribution in [2.24, 2.45) is 11.8 Å². The SMILES string of the molecule is CC.O=C1CCC(C2CCC(c3cc(F)c(F)c(F)c3)CC2)CC1. The third-order valence-electron chi connectivity index (χ3n) is 5.50. The molecule has 2 aliphatic carbocycles. The molecule has 3 rings (SSSR count).